The van der Waals surface area contributed by atoms with Crippen LogP contribution in [0.3, 0.4) is 0 Å². The molecule has 0 spiro atoms. The first-order valence-electron chi connectivity index (χ1n) is 9.78. The van der Waals surface area contributed by atoms with Crippen molar-refractivity contribution in [1.29, 1.82) is 0 Å². The highest BCUT2D eigenvalue weighted by Crippen LogP contribution is 2.27. The molecule has 0 radical (unpaired) electrons. The lowest BCUT2D eigenvalue weighted by Crippen LogP contribution is -2.41. The van der Waals surface area contributed by atoms with Crippen molar-refractivity contribution in [2.45, 2.75) is 59.0 Å². The standard InChI is InChI=1S/C19H37N3O2/c1-5-9-22(18(23)24-19(2,3)4)12-11-21-10-8-17(15-21)14-20-13-16-6-7-16/h16-17,20H,5-15H2,1-4H3. The first-order valence-corrected chi connectivity index (χ1v) is 9.78. The third-order valence-electron chi connectivity index (χ3n) is 4.76. The summed E-state index contributed by atoms with van der Waals surface area (Å²) in [6.07, 6.45) is 4.90. The fourth-order valence-electron chi connectivity index (χ4n) is 3.25. The lowest BCUT2D eigenvalue weighted by molar-refractivity contribution is 0.0235. The van der Waals surface area contributed by atoms with E-state index in [1.54, 1.807) is 0 Å². The van der Waals surface area contributed by atoms with Crippen molar-refractivity contribution < 1.29 is 9.53 Å². The van der Waals surface area contributed by atoms with E-state index in [9.17, 15) is 4.79 Å². The second kappa shape index (κ2) is 9.04. The van der Waals surface area contributed by atoms with E-state index < -0.39 is 5.60 Å². The van der Waals surface area contributed by atoms with Crippen LogP contribution in [0.5, 0.6) is 0 Å². The summed E-state index contributed by atoms with van der Waals surface area (Å²) in [5.41, 5.74) is -0.422. The Morgan fingerprint density at radius 2 is 1.88 bits per heavy atom. The van der Waals surface area contributed by atoms with Crippen LogP contribution in [0, 0.1) is 11.8 Å². The highest BCUT2D eigenvalue weighted by Gasteiger charge is 2.26. The van der Waals surface area contributed by atoms with Crippen LogP contribution in [0.4, 0.5) is 4.79 Å². The first kappa shape index (κ1) is 19.5. The van der Waals surface area contributed by atoms with Gasteiger partial charge in [0.1, 0.15) is 5.60 Å². The largest absolute Gasteiger partial charge is 0.444 e. The zero-order chi connectivity index (χ0) is 17.6. The molecule has 5 nitrogen and oxygen atoms in total. The van der Waals surface area contributed by atoms with Gasteiger partial charge in [0.25, 0.3) is 0 Å². The van der Waals surface area contributed by atoms with Gasteiger partial charge in [0, 0.05) is 26.2 Å². The van der Waals surface area contributed by atoms with Gasteiger partial charge in [0.05, 0.1) is 0 Å². The van der Waals surface area contributed by atoms with E-state index in [0.717, 1.165) is 57.5 Å². The van der Waals surface area contributed by atoms with Gasteiger partial charge in [0.15, 0.2) is 0 Å². The lowest BCUT2D eigenvalue weighted by Gasteiger charge is -2.28. The third-order valence-corrected chi connectivity index (χ3v) is 4.76. The number of amides is 1. The Hall–Kier alpha value is -0.810. The number of carbonyl (C=O) groups excluding carboxylic acids is 1. The number of hydrogen-bond acceptors (Lipinski definition) is 4. The van der Waals surface area contributed by atoms with Crippen molar-refractivity contribution in [3.8, 4) is 0 Å². The minimum absolute atomic E-state index is 0.175. The topological polar surface area (TPSA) is 44.8 Å². The fourth-order valence-corrected chi connectivity index (χ4v) is 3.25. The van der Waals surface area contributed by atoms with Crippen molar-refractivity contribution in [2.75, 3.05) is 45.8 Å². The number of nitrogens with one attached hydrogen (secondary N) is 1. The monoisotopic (exact) mass is 339 g/mol. The Morgan fingerprint density at radius 1 is 1.17 bits per heavy atom. The van der Waals surface area contributed by atoms with E-state index in [2.05, 4.69) is 17.1 Å². The molecule has 1 aliphatic carbocycles. The maximum Gasteiger partial charge on any atom is 0.410 e. The number of hydrogen-bond donors (Lipinski definition) is 1. The Labute approximate surface area is 148 Å². The Morgan fingerprint density at radius 3 is 2.50 bits per heavy atom. The highest BCUT2D eigenvalue weighted by molar-refractivity contribution is 5.68. The maximum atomic E-state index is 12.3. The zero-order valence-corrected chi connectivity index (χ0v) is 16.1. The molecule has 140 valence electrons. The number of rotatable bonds is 9. The number of carbonyl (C=O) groups is 1. The molecule has 0 aromatic heterocycles. The molecule has 1 N–H and O–H groups in total. The SMILES string of the molecule is CCCN(CCN1CCC(CNCC2CC2)C1)C(=O)OC(C)(C)C. The van der Waals surface area contributed by atoms with E-state index in [-0.39, 0.29) is 6.09 Å². The molecular formula is C19H37N3O2. The van der Waals surface area contributed by atoms with Crippen LogP contribution < -0.4 is 5.32 Å². The molecule has 2 fully saturated rings. The van der Waals surface area contributed by atoms with Gasteiger partial charge in [-0.3, -0.25) is 0 Å². The summed E-state index contributed by atoms with van der Waals surface area (Å²) >= 11 is 0. The van der Waals surface area contributed by atoms with Crippen LogP contribution >= 0.6 is 0 Å². The number of nitrogens with zero attached hydrogens (tertiary/aromatic N) is 2. The van der Waals surface area contributed by atoms with Gasteiger partial charge in [-0.2, -0.15) is 0 Å². The molecule has 24 heavy (non-hydrogen) atoms. The van der Waals surface area contributed by atoms with Gasteiger partial charge in [-0.15, -0.1) is 0 Å². The predicted octanol–water partition coefficient (Wildman–Crippen LogP) is 2.96. The van der Waals surface area contributed by atoms with Crippen LogP contribution in [-0.2, 0) is 4.74 Å². The van der Waals surface area contributed by atoms with E-state index >= 15 is 0 Å². The Kier molecular flexibility index (Phi) is 7.35. The summed E-state index contributed by atoms with van der Waals surface area (Å²) in [7, 11) is 0. The average Bonchev–Trinajstić information content (AvgIpc) is 3.19. The van der Waals surface area contributed by atoms with Crippen molar-refractivity contribution >= 4 is 6.09 Å². The van der Waals surface area contributed by atoms with Crippen LogP contribution in [-0.4, -0.2) is 67.3 Å². The summed E-state index contributed by atoms with van der Waals surface area (Å²) < 4.78 is 5.53. The van der Waals surface area contributed by atoms with Crippen LogP contribution in [0.15, 0.2) is 0 Å². The molecule has 0 aromatic rings. The summed E-state index contributed by atoms with van der Waals surface area (Å²) in [5, 5.41) is 3.63. The smallest absolute Gasteiger partial charge is 0.410 e. The molecule has 1 aliphatic heterocycles. The predicted molar refractivity (Wildman–Crippen MR) is 98.2 cm³/mol. The van der Waals surface area contributed by atoms with Gasteiger partial charge in [-0.05, 0) is 77.9 Å². The van der Waals surface area contributed by atoms with Gasteiger partial charge >= 0.3 is 6.09 Å². The van der Waals surface area contributed by atoms with E-state index in [1.165, 1.54) is 25.8 Å². The molecule has 1 amide bonds. The van der Waals surface area contributed by atoms with Gasteiger partial charge in [-0.25, -0.2) is 4.79 Å². The van der Waals surface area contributed by atoms with Crippen LogP contribution in [0.2, 0.25) is 0 Å². The van der Waals surface area contributed by atoms with E-state index in [0.29, 0.717) is 0 Å². The second-order valence-electron chi connectivity index (χ2n) is 8.52. The average molecular weight is 340 g/mol. The Bertz CT molecular complexity index is 391. The highest BCUT2D eigenvalue weighted by atomic mass is 16.6. The molecule has 1 atom stereocenters. The molecule has 2 aliphatic rings. The molecular weight excluding hydrogens is 302 g/mol. The van der Waals surface area contributed by atoms with Crippen molar-refractivity contribution in [3.63, 3.8) is 0 Å². The molecule has 0 bridgehead atoms. The first-order chi connectivity index (χ1) is 11.4. The molecule has 5 heteroatoms. The zero-order valence-electron chi connectivity index (χ0n) is 16.1. The van der Waals surface area contributed by atoms with Crippen molar-refractivity contribution in [3.05, 3.63) is 0 Å². The van der Waals surface area contributed by atoms with Crippen molar-refractivity contribution in [1.82, 2.24) is 15.1 Å². The number of likely N-dealkylation sites (tertiary alicyclic amines) is 1. The summed E-state index contributed by atoms with van der Waals surface area (Å²) in [4.78, 5) is 16.7. The summed E-state index contributed by atoms with van der Waals surface area (Å²) in [6, 6.07) is 0. The fraction of sp³-hybridized carbons (Fsp3) is 0.947. The van der Waals surface area contributed by atoms with Crippen LogP contribution in [0.25, 0.3) is 0 Å². The maximum absolute atomic E-state index is 12.3. The minimum atomic E-state index is -0.422. The van der Waals surface area contributed by atoms with Gasteiger partial charge < -0.3 is 19.9 Å². The summed E-state index contributed by atoms with van der Waals surface area (Å²) in [5.74, 6) is 1.73. The summed E-state index contributed by atoms with van der Waals surface area (Å²) in [6.45, 7) is 15.1. The molecule has 1 saturated heterocycles. The minimum Gasteiger partial charge on any atom is -0.444 e. The van der Waals surface area contributed by atoms with Crippen LogP contribution in [0.1, 0.15) is 53.4 Å². The Balaban J connectivity index is 1.66. The quantitative estimate of drug-likeness (QED) is 0.701. The van der Waals surface area contributed by atoms with E-state index in [4.69, 9.17) is 4.74 Å². The molecule has 0 aromatic carbocycles. The molecule has 1 heterocycles. The van der Waals surface area contributed by atoms with E-state index in [1.807, 2.05) is 25.7 Å². The normalized spacial score (nSPS) is 21.9. The van der Waals surface area contributed by atoms with Gasteiger partial charge in [-0.1, -0.05) is 6.92 Å². The van der Waals surface area contributed by atoms with Crippen molar-refractivity contribution in [2.24, 2.45) is 11.8 Å². The third kappa shape index (κ3) is 7.39. The van der Waals surface area contributed by atoms with Gasteiger partial charge in [0.2, 0.25) is 0 Å². The molecule has 2 rings (SSSR count). The molecule has 1 unspecified atom stereocenters. The lowest BCUT2D eigenvalue weighted by atomic mass is 10.1. The number of ether oxygens (including phenoxy) is 1. The molecule has 1 saturated carbocycles. The second-order valence-corrected chi connectivity index (χ2v) is 8.52.